The number of hydrogen-bond acceptors (Lipinski definition) is 3. The summed E-state index contributed by atoms with van der Waals surface area (Å²) in [6, 6.07) is 0.269. The fourth-order valence-corrected chi connectivity index (χ4v) is 2.32. The Balaban J connectivity index is 1.90. The fraction of sp³-hybridized carbons (Fsp3) is 0.750. The number of hydrogen-bond donors (Lipinski definition) is 1. The fourth-order valence-electron chi connectivity index (χ4n) is 2.32. The molecule has 1 heterocycles. The van der Waals surface area contributed by atoms with Crippen molar-refractivity contribution in [2.45, 2.75) is 45.3 Å². The highest BCUT2D eigenvalue weighted by Crippen LogP contribution is 2.32. The first kappa shape index (κ1) is 11.5. The van der Waals surface area contributed by atoms with Crippen molar-refractivity contribution in [1.82, 2.24) is 4.90 Å². The molecule has 1 amide bonds. The molecule has 2 N–H and O–H groups in total. The van der Waals surface area contributed by atoms with Gasteiger partial charge in [-0.2, -0.15) is 0 Å². The number of carbonyl (C=O) groups excluding carboxylic acids is 1. The second-order valence-electron chi connectivity index (χ2n) is 5.71. The van der Waals surface area contributed by atoms with E-state index in [1.165, 1.54) is 11.1 Å². The molecule has 0 saturated heterocycles. The van der Waals surface area contributed by atoms with Gasteiger partial charge in [0.25, 0.3) is 0 Å². The third-order valence-electron chi connectivity index (χ3n) is 2.93. The molecular formula is C12H20N2O2. The van der Waals surface area contributed by atoms with E-state index in [9.17, 15) is 4.79 Å². The van der Waals surface area contributed by atoms with Crippen molar-refractivity contribution < 1.29 is 9.53 Å². The summed E-state index contributed by atoms with van der Waals surface area (Å²) in [5.41, 5.74) is 8.15. The second-order valence-corrected chi connectivity index (χ2v) is 5.71. The maximum Gasteiger partial charge on any atom is 0.410 e. The Bertz CT molecular complexity index is 323. The third-order valence-corrected chi connectivity index (χ3v) is 2.93. The van der Waals surface area contributed by atoms with Crippen LogP contribution in [0.15, 0.2) is 11.1 Å². The first-order valence-corrected chi connectivity index (χ1v) is 5.78. The molecule has 0 fully saturated rings. The summed E-state index contributed by atoms with van der Waals surface area (Å²) < 4.78 is 5.34. The van der Waals surface area contributed by atoms with E-state index in [1.807, 2.05) is 20.8 Å². The van der Waals surface area contributed by atoms with E-state index in [0.717, 1.165) is 12.8 Å². The Labute approximate surface area is 96.4 Å². The van der Waals surface area contributed by atoms with E-state index in [4.69, 9.17) is 10.5 Å². The maximum absolute atomic E-state index is 11.8. The Kier molecular flexibility index (Phi) is 2.70. The van der Waals surface area contributed by atoms with Crippen LogP contribution in [-0.4, -0.2) is 35.7 Å². The van der Waals surface area contributed by atoms with Crippen LogP contribution in [0.4, 0.5) is 4.79 Å². The van der Waals surface area contributed by atoms with E-state index in [0.29, 0.717) is 13.1 Å². The predicted octanol–water partition coefficient (Wildman–Crippen LogP) is 1.65. The van der Waals surface area contributed by atoms with Crippen molar-refractivity contribution in [3.8, 4) is 0 Å². The molecule has 0 radical (unpaired) electrons. The quantitative estimate of drug-likeness (QED) is 0.637. The summed E-state index contributed by atoms with van der Waals surface area (Å²) in [5.74, 6) is 0. The monoisotopic (exact) mass is 224 g/mol. The van der Waals surface area contributed by atoms with Crippen molar-refractivity contribution in [3.05, 3.63) is 11.1 Å². The van der Waals surface area contributed by atoms with Crippen LogP contribution < -0.4 is 5.73 Å². The van der Waals surface area contributed by atoms with Gasteiger partial charge in [0, 0.05) is 19.1 Å². The number of carbonyl (C=O) groups is 1. The largest absolute Gasteiger partial charge is 0.444 e. The lowest BCUT2D eigenvalue weighted by molar-refractivity contribution is 0.0296. The van der Waals surface area contributed by atoms with E-state index in [-0.39, 0.29) is 12.1 Å². The molecule has 2 rings (SSSR count). The topological polar surface area (TPSA) is 55.6 Å². The van der Waals surface area contributed by atoms with Gasteiger partial charge >= 0.3 is 6.09 Å². The Morgan fingerprint density at radius 3 is 2.25 bits per heavy atom. The zero-order valence-electron chi connectivity index (χ0n) is 10.2. The van der Waals surface area contributed by atoms with Gasteiger partial charge in [0.15, 0.2) is 0 Å². The van der Waals surface area contributed by atoms with Gasteiger partial charge in [-0.25, -0.2) is 4.79 Å². The number of amides is 1. The van der Waals surface area contributed by atoms with E-state index in [2.05, 4.69) is 0 Å². The molecule has 0 aromatic carbocycles. The minimum absolute atomic E-state index is 0.213. The molecule has 0 unspecified atom stereocenters. The first-order valence-electron chi connectivity index (χ1n) is 5.78. The van der Waals surface area contributed by atoms with Crippen molar-refractivity contribution in [1.29, 1.82) is 0 Å². The highest BCUT2D eigenvalue weighted by atomic mass is 16.6. The summed E-state index contributed by atoms with van der Waals surface area (Å²) in [5, 5.41) is 0. The summed E-state index contributed by atoms with van der Waals surface area (Å²) in [6.07, 6.45) is 1.67. The smallest absolute Gasteiger partial charge is 0.410 e. The van der Waals surface area contributed by atoms with Crippen LogP contribution in [-0.2, 0) is 4.74 Å². The molecule has 4 nitrogen and oxygen atoms in total. The lowest BCUT2D eigenvalue weighted by Crippen LogP contribution is -2.36. The van der Waals surface area contributed by atoms with Crippen LogP contribution in [0.1, 0.15) is 33.6 Å². The van der Waals surface area contributed by atoms with Crippen LogP contribution in [0.5, 0.6) is 0 Å². The molecule has 0 bridgehead atoms. The second kappa shape index (κ2) is 3.77. The molecule has 4 heteroatoms. The molecular weight excluding hydrogens is 204 g/mol. The molecule has 16 heavy (non-hydrogen) atoms. The summed E-state index contributed by atoms with van der Waals surface area (Å²) >= 11 is 0. The molecule has 0 spiro atoms. The summed E-state index contributed by atoms with van der Waals surface area (Å²) in [4.78, 5) is 13.6. The molecule has 0 atom stereocenters. The number of ether oxygens (including phenoxy) is 1. The van der Waals surface area contributed by atoms with E-state index >= 15 is 0 Å². The van der Waals surface area contributed by atoms with Crippen molar-refractivity contribution in [2.24, 2.45) is 5.73 Å². The number of rotatable bonds is 0. The predicted molar refractivity (Wildman–Crippen MR) is 62.0 cm³/mol. The average molecular weight is 224 g/mol. The average Bonchev–Trinajstić information content (AvgIpc) is 2.56. The molecule has 1 aliphatic carbocycles. The number of nitrogens with zero attached hydrogens (tertiary/aromatic N) is 1. The van der Waals surface area contributed by atoms with Crippen molar-refractivity contribution in [3.63, 3.8) is 0 Å². The molecule has 90 valence electrons. The molecule has 0 aromatic rings. The lowest BCUT2D eigenvalue weighted by Gasteiger charge is -2.25. The number of likely N-dealkylation sites (tertiary alicyclic amines) is 1. The van der Waals surface area contributed by atoms with Crippen LogP contribution in [0.3, 0.4) is 0 Å². The van der Waals surface area contributed by atoms with Crippen molar-refractivity contribution in [2.75, 3.05) is 13.1 Å². The van der Waals surface area contributed by atoms with Crippen LogP contribution in [0.2, 0.25) is 0 Å². The van der Waals surface area contributed by atoms with Crippen LogP contribution in [0, 0.1) is 0 Å². The van der Waals surface area contributed by atoms with Gasteiger partial charge < -0.3 is 15.4 Å². The minimum atomic E-state index is -0.416. The van der Waals surface area contributed by atoms with Crippen molar-refractivity contribution >= 4 is 6.09 Å². The Hall–Kier alpha value is -1.03. The van der Waals surface area contributed by atoms with Gasteiger partial charge in [-0.05, 0) is 44.8 Å². The zero-order chi connectivity index (χ0) is 11.9. The highest BCUT2D eigenvalue weighted by molar-refractivity contribution is 5.70. The normalized spacial score (nSPS) is 21.6. The van der Waals surface area contributed by atoms with Gasteiger partial charge in [-0.3, -0.25) is 0 Å². The Morgan fingerprint density at radius 1 is 1.31 bits per heavy atom. The van der Waals surface area contributed by atoms with E-state index < -0.39 is 5.60 Å². The Morgan fingerprint density at radius 2 is 1.81 bits per heavy atom. The zero-order valence-corrected chi connectivity index (χ0v) is 10.2. The molecule has 0 aromatic heterocycles. The van der Waals surface area contributed by atoms with Gasteiger partial charge in [0.1, 0.15) is 5.60 Å². The molecule has 0 saturated carbocycles. The van der Waals surface area contributed by atoms with Crippen LogP contribution >= 0.6 is 0 Å². The van der Waals surface area contributed by atoms with Crippen LogP contribution in [0.25, 0.3) is 0 Å². The lowest BCUT2D eigenvalue weighted by atomic mass is 10.2. The SMILES string of the molecule is CC(C)(C)OC(=O)N1CC2=C(CC(N)C2)C1. The first-order chi connectivity index (χ1) is 7.35. The minimum Gasteiger partial charge on any atom is -0.444 e. The standard InChI is InChI=1S/C12H20N2O2/c1-12(2,3)16-11(15)14-6-8-4-10(13)5-9(8)7-14/h10H,4-7,13H2,1-3H3. The molecule has 2 aliphatic rings. The molecule has 1 aliphatic heterocycles. The number of nitrogens with two attached hydrogens (primary N) is 1. The van der Waals surface area contributed by atoms with Gasteiger partial charge in [0.2, 0.25) is 0 Å². The van der Waals surface area contributed by atoms with Gasteiger partial charge in [0.05, 0.1) is 0 Å². The van der Waals surface area contributed by atoms with Gasteiger partial charge in [-0.15, -0.1) is 0 Å². The third kappa shape index (κ3) is 2.38. The van der Waals surface area contributed by atoms with E-state index in [1.54, 1.807) is 4.90 Å². The maximum atomic E-state index is 11.8. The summed E-state index contributed by atoms with van der Waals surface area (Å²) in [7, 11) is 0. The van der Waals surface area contributed by atoms with Gasteiger partial charge in [-0.1, -0.05) is 0 Å². The summed E-state index contributed by atoms with van der Waals surface area (Å²) in [6.45, 7) is 7.07. The highest BCUT2D eigenvalue weighted by Gasteiger charge is 2.33.